The Morgan fingerprint density at radius 2 is 1.81 bits per heavy atom. The van der Waals surface area contributed by atoms with Crippen LogP contribution in [0.4, 0.5) is 0 Å². The van der Waals surface area contributed by atoms with Gasteiger partial charge in [0.1, 0.15) is 5.60 Å². The van der Waals surface area contributed by atoms with Crippen LogP contribution in [-0.4, -0.2) is 17.5 Å². The van der Waals surface area contributed by atoms with Gasteiger partial charge >= 0.3 is 5.97 Å². The van der Waals surface area contributed by atoms with Gasteiger partial charge in [-0.05, 0) is 32.8 Å². The molecule has 1 amide bonds. The van der Waals surface area contributed by atoms with E-state index >= 15 is 0 Å². The normalized spacial score (nSPS) is 12.6. The maximum atomic E-state index is 12.0. The van der Waals surface area contributed by atoms with Gasteiger partial charge in [0.05, 0.1) is 12.5 Å². The van der Waals surface area contributed by atoms with Crippen molar-refractivity contribution < 1.29 is 14.3 Å². The molecule has 0 bridgehead atoms. The molecule has 116 valence electrons. The lowest BCUT2D eigenvalue weighted by atomic mass is 10.0. The molecule has 1 aromatic carbocycles. The molecule has 21 heavy (non-hydrogen) atoms. The Labute approximate surface area is 126 Å². The van der Waals surface area contributed by atoms with Crippen LogP contribution in [0.3, 0.4) is 0 Å². The highest BCUT2D eigenvalue weighted by Gasteiger charge is 2.22. The van der Waals surface area contributed by atoms with Crippen molar-refractivity contribution >= 4 is 11.9 Å². The molecule has 1 aromatic rings. The smallest absolute Gasteiger partial charge is 0.308 e. The summed E-state index contributed by atoms with van der Waals surface area (Å²) in [4.78, 5) is 23.8. The zero-order chi connectivity index (χ0) is 15.9. The van der Waals surface area contributed by atoms with Crippen LogP contribution in [0.1, 0.15) is 58.6 Å². The molecule has 0 aromatic heterocycles. The number of benzene rings is 1. The summed E-state index contributed by atoms with van der Waals surface area (Å²) in [6, 6.07) is 9.15. The Bertz CT molecular complexity index is 463. The molecule has 0 saturated carbocycles. The SMILES string of the molecule is CCCC(=O)N[C@@H](CC(=O)OC(C)(C)C)c1ccccc1. The lowest BCUT2D eigenvalue weighted by molar-refractivity contribution is -0.155. The third-order valence-corrected chi connectivity index (χ3v) is 2.81. The zero-order valence-electron chi connectivity index (χ0n) is 13.3. The molecule has 0 saturated heterocycles. The van der Waals surface area contributed by atoms with Crippen LogP contribution >= 0.6 is 0 Å². The summed E-state index contributed by atoms with van der Waals surface area (Å²) in [6.07, 6.45) is 1.37. The van der Waals surface area contributed by atoms with Crippen LogP contribution in [0.25, 0.3) is 0 Å². The number of carbonyl (C=O) groups is 2. The van der Waals surface area contributed by atoms with Crippen molar-refractivity contribution in [3.63, 3.8) is 0 Å². The molecule has 4 nitrogen and oxygen atoms in total. The molecule has 0 heterocycles. The van der Waals surface area contributed by atoms with Gasteiger partial charge in [-0.25, -0.2) is 0 Å². The van der Waals surface area contributed by atoms with E-state index in [9.17, 15) is 9.59 Å². The standard InChI is InChI=1S/C17H25NO3/c1-5-9-15(19)18-14(13-10-7-6-8-11-13)12-16(20)21-17(2,3)4/h6-8,10-11,14H,5,9,12H2,1-4H3,(H,18,19)/t14-/m0/s1. The van der Waals surface area contributed by atoms with Crippen LogP contribution in [-0.2, 0) is 14.3 Å². The van der Waals surface area contributed by atoms with E-state index in [-0.39, 0.29) is 24.3 Å². The Hall–Kier alpha value is -1.84. The van der Waals surface area contributed by atoms with Gasteiger partial charge < -0.3 is 10.1 Å². The first-order valence-electron chi connectivity index (χ1n) is 7.38. The van der Waals surface area contributed by atoms with Gasteiger partial charge in [0, 0.05) is 6.42 Å². The molecule has 1 rings (SSSR count). The molecule has 0 fully saturated rings. The predicted octanol–water partition coefficient (Wildman–Crippen LogP) is 3.38. The Balaban J connectivity index is 2.78. The summed E-state index contributed by atoms with van der Waals surface area (Å²) in [5, 5.41) is 2.91. The summed E-state index contributed by atoms with van der Waals surface area (Å²) >= 11 is 0. The maximum absolute atomic E-state index is 12.0. The number of carbonyl (C=O) groups excluding carboxylic acids is 2. The van der Waals surface area contributed by atoms with Gasteiger partial charge in [-0.1, -0.05) is 37.3 Å². The van der Waals surface area contributed by atoms with Crippen molar-refractivity contribution in [3.8, 4) is 0 Å². The Morgan fingerprint density at radius 1 is 1.19 bits per heavy atom. The van der Waals surface area contributed by atoms with E-state index in [0.717, 1.165) is 12.0 Å². The van der Waals surface area contributed by atoms with Crippen molar-refractivity contribution in [3.05, 3.63) is 35.9 Å². The number of nitrogens with one attached hydrogen (secondary N) is 1. The van der Waals surface area contributed by atoms with Gasteiger partial charge in [0.2, 0.25) is 5.91 Å². The quantitative estimate of drug-likeness (QED) is 0.817. The van der Waals surface area contributed by atoms with E-state index in [1.165, 1.54) is 0 Å². The van der Waals surface area contributed by atoms with Crippen LogP contribution in [0, 0.1) is 0 Å². The lowest BCUT2D eigenvalue weighted by Crippen LogP contribution is -2.32. The topological polar surface area (TPSA) is 55.4 Å². The van der Waals surface area contributed by atoms with Gasteiger partial charge in [0.25, 0.3) is 0 Å². The van der Waals surface area contributed by atoms with Gasteiger partial charge in [-0.3, -0.25) is 9.59 Å². The third kappa shape index (κ3) is 6.93. The molecule has 0 aliphatic carbocycles. The van der Waals surface area contributed by atoms with E-state index in [0.29, 0.717) is 6.42 Å². The molecule has 0 aliphatic heterocycles. The van der Waals surface area contributed by atoms with E-state index < -0.39 is 5.60 Å². The molecule has 1 N–H and O–H groups in total. The summed E-state index contributed by atoms with van der Waals surface area (Å²) < 4.78 is 5.34. The highest BCUT2D eigenvalue weighted by atomic mass is 16.6. The highest BCUT2D eigenvalue weighted by Crippen LogP contribution is 2.19. The summed E-state index contributed by atoms with van der Waals surface area (Å²) in [5.41, 5.74) is 0.388. The number of amides is 1. The average Bonchev–Trinajstić information content (AvgIpc) is 2.37. The van der Waals surface area contributed by atoms with E-state index in [2.05, 4.69) is 5.32 Å². The molecular formula is C17H25NO3. The maximum Gasteiger partial charge on any atom is 0.308 e. The second kappa shape index (κ2) is 7.81. The largest absolute Gasteiger partial charge is 0.460 e. The van der Waals surface area contributed by atoms with Gasteiger partial charge in [-0.15, -0.1) is 0 Å². The van der Waals surface area contributed by atoms with Crippen molar-refractivity contribution in [2.45, 2.75) is 58.6 Å². The highest BCUT2D eigenvalue weighted by molar-refractivity contribution is 5.78. The molecule has 1 atom stereocenters. The average molecular weight is 291 g/mol. The Kier molecular flexibility index (Phi) is 6.40. The first-order chi connectivity index (χ1) is 9.81. The molecule has 0 aliphatic rings. The summed E-state index contributed by atoms with van der Waals surface area (Å²) in [7, 11) is 0. The number of ether oxygens (including phenoxy) is 1. The number of hydrogen-bond acceptors (Lipinski definition) is 3. The van der Waals surface area contributed by atoms with Crippen molar-refractivity contribution in [1.29, 1.82) is 0 Å². The van der Waals surface area contributed by atoms with Crippen LogP contribution in [0.2, 0.25) is 0 Å². The minimum atomic E-state index is -0.522. The second-order valence-electron chi connectivity index (χ2n) is 6.07. The van der Waals surface area contributed by atoms with E-state index in [1.54, 1.807) is 0 Å². The fraction of sp³-hybridized carbons (Fsp3) is 0.529. The van der Waals surface area contributed by atoms with Crippen LogP contribution in [0.15, 0.2) is 30.3 Å². The monoisotopic (exact) mass is 291 g/mol. The molecule has 4 heteroatoms. The number of rotatable bonds is 6. The predicted molar refractivity (Wildman–Crippen MR) is 82.7 cm³/mol. The van der Waals surface area contributed by atoms with Crippen LogP contribution in [0.5, 0.6) is 0 Å². The fourth-order valence-corrected chi connectivity index (χ4v) is 1.98. The summed E-state index contributed by atoms with van der Waals surface area (Å²) in [6.45, 7) is 7.44. The fourth-order valence-electron chi connectivity index (χ4n) is 1.98. The van der Waals surface area contributed by atoms with E-state index in [1.807, 2.05) is 58.0 Å². The second-order valence-corrected chi connectivity index (χ2v) is 6.07. The van der Waals surface area contributed by atoms with Crippen molar-refractivity contribution in [1.82, 2.24) is 5.32 Å². The first-order valence-corrected chi connectivity index (χ1v) is 7.38. The minimum Gasteiger partial charge on any atom is -0.460 e. The molecule has 0 radical (unpaired) electrons. The molecule has 0 spiro atoms. The summed E-state index contributed by atoms with van der Waals surface area (Å²) in [5.74, 6) is -0.358. The third-order valence-electron chi connectivity index (χ3n) is 2.81. The van der Waals surface area contributed by atoms with Crippen molar-refractivity contribution in [2.24, 2.45) is 0 Å². The Morgan fingerprint density at radius 3 is 2.33 bits per heavy atom. The molecule has 0 unspecified atom stereocenters. The van der Waals surface area contributed by atoms with Crippen molar-refractivity contribution in [2.75, 3.05) is 0 Å². The van der Waals surface area contributed by atoms with Gasteiger partial charge in [0.15, 0.2) is 0 Å². The minimum absolute atomic E-state index is 0.0464. The number of hydrogen-bond donors (Lipinski definition) is 1. The lowest BCUT2D eigenvalue weighted by Gasteiger charge is -2.23. The zero-order valence-corrected chi connectivity index (χ0v) is 13.3. The molecular weight excluding hydrogens is 266 g/mol. The van der Waals surface area contributed by atoms with E-state index in [4.69, 9.17) is 4.74 Å². The van der Waals surface area contributed by atoms with Gasteiger partial charge in [-0.2, -0.15) is 0 Å². The van der Waals surface area contributed by atoms with Crippen LogP contribution < -0.4 is 5.32 Å². The number of esters is 1. The first kappa shape index (κ1) is 17.2.